The van der Waals surface area contributed by atoms with Crippen molar-refractivity contribution in [2.75, 3.05) is 27.1 Å². The Kier molecular flexibility index (Phi) is 9.19. The Labute approximate surface area is 201 Å². The van der Waals surface area contributed by atoms with Gasteiger partial charge in [0, 0.05) is 13.5 Å². The number of alkyl halides is 1. The summed E-state index contributed by atoms with van der Waals surface area (Å²) in [6.45, 7) is 8.97. The first-order chi connectivity index (χ1) is 16.2. The molecule has 1 aromatic carbocycles. The molecule has 1 saturated carbocycles. The van der Waals surface area contributed by atoms with E-state index in [0.29, 0.717) is 44.2 Å². The standard InChI is InChI=1S/C24H37F2N3O4Si/c1-6-24(33-34(3,4)5,19-9-10-20(26)23(13-19)32-15-18-7-8-18)16-29-22(11-12-31-17-30-2)21(14-25)27-28-29/h9-10,13,18H,6-8,11-12,14-17H2,1-5H3/t24-/m1/s1. The van der Waals surface area contributed by atoms with E-state index in [1.54, 1.807) is 23.9 Å². The topological polar surface area (TPSA) is 67.6 Å². The van der Waals surface area contributed by atoms with Crippen molar-refractivity contribution in [2.24, 2.45) is 5.92 Å². The lowest BCUT2D eigenvalue weighted by molar-refractivity contribution is -0.0299. The molecule has 0 spiro atoms. The third-order valence-corrected chi connectivity index (χ3v) is 6.84. The van der Waals surface area contributed by atoms with Crippen molar-refractivity contribution in [2.45, 2.75) is 71.1 Å². The largest absolute Gasteiger partial charge is 0.490 e. The van der Waals surface area contributed by atoms with Crippen LogP contribution in [0.15, 0.2) is 18.2 Å². The minimum Gasteiger partial charge on any atom is -0.490 e. The maximum Gasteiger partial charge on any atom is 0.185 e. The van der Waals surface area contributed by atoms with Crippen molar-refractivity contribution in [1.29, 1.82) is 0 Å². The fourth-order valence-corrected chi connectivity index (χ4v) is 5.47. The van der Waals surface area contributed by atoms with Crippen molar-refractivity contribution in [3.63, 3.8) is 0 Å². The average Bonchev–Trinajstić information content (AvgIpc) is 3.55. The Bertz CT molecular complexity index is 933. The van der Waals surface area contributed by atoms with Gasteiger partial charge in [0.15, 0.2) is 19.9 Å². The first kappa shape index (κ1) is 26.7. The van der Waals surface area contributed by atoms with Gasteiger partial charge in [0.2, 0.25) is 0 Å². The molecule has 0 bridgehead atoms. The number of benzene rings is 1. The molecule has 1 atom stereocenters. The van der Waals surface area contributed by atoms with Gasteiger partial charge in [-0.1, -0.05) is 18.2 Å². The molecule has 1 aromatic heterocycles. The van der Waals surface area contributed by atoms with Crippen molar-refractivity contribution in [3.8, 4) is 5.75 Å². The first-order valence-corrected chi connectivity index (χ1v) is 15.3. The maximum absolute atomic E-state index is 14.6. The monoisotopic (exact) mass is 497 g/mol. The number of nitrogens with zero attached hydrogens (tertiary/aromatic N) is 3. The highest BCUT2D eigenvalue weighted by molar-refractivity contribution is 6.69. The number of halogens is 2. The summed E-state index contributed by atoms with van der Waals surface area (Å²) in [5.74, 6) is 0.353. The van der Waals surface area contributed by atoms with Gasteiger partial charge in [0.1, 0.15) is 24.8 Å². The normalized spacial score (nSPS) is 16.0. The minimum atomic E-state index is -2.07. The number of hydrogen-bond acceptors (Lipinski definition) is 6. The smallest absolute Gasteiger partial charge is 0.185 e. The molecule has 0 unspecified atom stereocenters. The fourth-order valence-electron chi connectivity index (χ4n) is 3.97. The zero-order valence-electron chi connectivity index (χ0n) is 20.9. The zero-order chi connectivity index (χ0) is 24.8. The van der Waals surface area contributed by atoms with Crippen molar-refractivity contribution < 1.29 is 27.4 Å². The average molecular weight is 498 g/mol. The third kappa shape index (κ3) is 7.06. The van der Waals surface area contributed by atoms with Crippen molar-refractivity contribution in [3.05, 3.63) is 41.0 Å². The van der Waals surface area contributed by atoms with Crippen molar-refractivity contribution >= 4 is 8.32 Å². The van der Waals surface area contributed by atoms with E-state index in [4.69, 9.17) is 18.6 Å². The maximum atomic E-state index is 14.6. The Morgan fingerprint density at radius 3 is 2.62 bits per heavy atom. The summed E-state index contributed by atoms with van der Waals surface area (Å²) in [7, 11) is -0.525. The van der Waals surface area contributed by atoms with Gasteiger partial charge in [-0.25, -0.2) is 13.5 Å². The van der Waals surface area contributed by atoms with Gasteiger partial charge in [-0.15, -0.1) is 5.10 Å². The van der Waals surface area contributed by atoms with E-state index in [-0.39, 0.29) is 24.1 Å². The van der Waals surface area contributed by atoms with Crippen LogP contribution in [0.25, 0.3) is 0 Å². The van der Waals surface area contributed by atoms with E-state index in [1.807, 2.05) is 6.92 Å². The van der Waals surface area contributed by atoms with Crippen LogP contribution in [0.1, 0.15) is 43.1 Å². The lowest BCUT2D eigenvalue weighted by Crippen LogP contribution is -2.44. The molecule has 190 valence electrons. The highest BCUT2D eigenvalue weighted by Gasteiger charge is 2.39. The van der Waals surface area contributed by atoms with Gasteiger partial charge in [-0.2, -0.15) is 0 Å². The minimum absolute atomic E-state index is 0.156. The molecule has 1 aliphatic carbocycles. The molecule has 7 nitrogen and oxygen atoms in total. The summed E-state index contributed by atoms with van der Waals surface area (Å²) < 4.78 is 52.8. The molecule has 0 aliphatic heterocycles. The second kappa shape index (κ2) is 11.7. The molecule has 3 rings (SSSR count). The van der Waals surface area contributed by atoms with Crippen LogP contribution in [0, 0.1) is 11.7 Å². The lowest BCUT2D eigenvalue weighted by atomic mass is 9.90. The van der Waals surface area contributed by atoms with Gasteiger partial charge in [0.05, 0.1) is 25.5 Å². The van der Waals surface area contributed by atoms with E-state index in [9.17, 15) is 8.78 Å². The van der Waals surface area contributed by atoms with Crippen LogP contribution in [-0.2, 0) is 39.1 Å². The van der Waals surface area contributed by atoms with E-state index in [1.165, 1.54) is 6.07 Å². The molecule has 2 aromatic rings. The molecule has 1 aliphatic rings. The predicted octanol–water partition coefficient (Wildman–Crippen LogP) is 5.00. The summed E-state index contributed by atoms with van der Waals surface area (Å²) in [6.07, 6.45) is 3.29. The molecule has 10 heteroatoms. The van der Waals surface area contributed by atoms with E-state index >= 15 is 0 Å². The fraction of sp³-hybridized carbons (Fsp3) is 0.667. The van der Waals surface area contributed by atoms with Crippen LogP contribution in [0.2, 0.25) is 19.6 Å². The van der Waals surface area contributed by atoms with Crippen LogP contribution >= 0.6 is 0 Å². The number of rotatable bonds is 15. The molecule has 1 heterocycles. The molecule has 0 N–H and O–H groups in total. The second-order valence-electron chi connectivity index (χ2n) is 9.80. The highest BCUT2D eigenvalue weighted by atomic mass is 28.4. The van der Waals surface area contributed by atoms with Gasteiger partial charge >= 0.3 is 0 Å². The first-order valence-electron chi connectivity index (χ1n) is 11.9. The van der Waals surface area contributed by atoms with E-state index in [0.717, 1.165) is 18.4 Å². The molecule has 0 amide bonds. The summed E-state index contributed by atoms with van der Waals surface area (Å²) in [5, 5.41) is 8.30. The van der Waals surface area contributed by atoms with Crippen LogP contribution in [0.3, 0.4) is 0 Å². The molecule has 0 radical (unpaired) electrons. The number of ether oxygens (including phenoxy) is 3. The highest BCUT2D eigenvalue weighted by Crippen LogP contribution is 2.38. The SMILES string of the molecule is CC[C@](Cn1nnc(CF)c1CCOCOC)(O[Si](C)(C)C)c1ccc(F)c(OCC2CC2)c1. The van der Waals surface area contributed by atoms with Gasteiger partial charge in [0.25, 0.3) is 0 Å². The van der Waals surface area contributed by atoms with Crippen LogP contribution in [-0.4, -0.2) is 50.4 Å². The number of aromatic nitrogens is 3. The Morgan fingerprint density at radius 1 is 1.24 bits per heavy atom. The summed E-state index contributed by atoms with van der Waals surface area (Å²) in [4.78, 5) is 0. The van der Waals surface area contributed by atoms with E-state index < -0.39 is 20.6 Å². The van der Waals surface area contributed by atoms with Gasteiger partial charge in [-0.3, -0.25) is 0 Å². The quantitative estimate of drug-likeness (QED) is 0.196. The molecule has 1 fully saturated rings. The Morgan fingerprint density at radius 2 is 2.00 bits per heavy atom. The summed E-state index contributed by atoms with van der Waals surface area (Å²) in [6, 6.07) is 4.93. The summed E-state index contributed by atoms with van der Waals surface area (Å²) >= 11 is 0. The lowest BCUT2D eigenvalue weighted by Gasteiger charge is -2.39. The van der Waals surface area contributed by atoms with Crippen LogP contribution in [0.5, 0.6) is 5.75 Å². The molecule has 34 heavy (non-hydrogen) atoms. The molecular formula is C24H37F2N3O4Si. The number of methoxy groups -OCH3 is 1. The number of hydrogen-bond donors (Lipinski definition) is 0. The van der Waals surface area contributed by atoms with Gasteiger partial charge < -0.3 is 18.6 Å². The molecular weight excluding hydrogens is 460 g/mol. The second-order valence-corrected chi connectivity index (χ2v) is 14.2. The Hall–Kier alpha value is -1.88. The van der Waals surface area contributed by atoms with Crippen LogP contribution in [0.4, 0.5) is 8.78 Å². The molecule has 0 saturated heterocycles. The van der Waals surface area contributed by atoms with Crippen molar-refractivity contribution in [1.82, 2.24) is 15.0 Å². The van der Waals surface area contributed by atoms with Crippen LogP contribution < -0.4 is 4.74 Å². The Balaban J connectivity index is 1.95. The third-order valence-electron chi connectivity index (χ3n) is 5.84. The predicted molar refractivity (Wildman–Crippen MR) is 127 cm³/mol. The van der Waals surface area contributed by atoms with E-state index in [2.05, 4.69) is 30.0 Å². The van der Waals surface area contributed by atoms with Gasteiger partial charge in [-0.05, 0) is 62.5 Å². The summed E-state index contributed by atoms with van der Waals surface area (Å²) in [5.41, 5.74) is 0.942. The zero-order valence-corrected chi connectivity index (χ0v) is 21.9.